The van der Waals surface area contributed by atoms with Gasteiger partial charge in [0.1, 0.15) is 23.7 Å². The number of fused-ring (bicyclic) bond motifs is 3. The molecule has 1 aromatic carbocycles. The third-order valence-electron chi connectivity index (χ3n) is 6.52. The minimum atomic E-state index is -0.551. The molecule has 0 bridgehead atoms. The first-order valence-electron chi connectivity index (χ1n) is 11.6. The number of nitrogens with zero attached hydrogens (tertiary/aromatic N) is 6. The van der Waals surface area contributed by atoms with Crippen LogP contribution in [-0.2, 0) is 12.8 Å². The quantitative estimate of drug-likeness (QED) is 0.477. The number of hydrogen-bond acceptors (Lipinski definition) is 5. The van der Waals surface area contributed by atoms with Gasteiger partial charge in [-0.05, 0) is 69.4 Å². The smallest absolute Gasteiger partial charge is 0.259 e. The van der Waals surface area contributed by atoms with Crippen LogP contribution in [0.15, 0.2) is 43.0 Å². The molecule has 0 radical (unpaired) electrons. The lowest BCUT2D eigenvalue weighted by atomic mass is 9.97. The summed E-state index contributed by atoms with van der Waals surface area (Å²) in [6, 6.07) is 8.50. The third kappa shape index (κ3) is 3.48. The van der Waals surface area contributed by atoms with Gasteiger partial charge < -0.3 is 14.5 Å². The van der Waals surface area contributed by atoms with Gasteiger partial charge >= 0.3 is 0 Å². The fraction of sp³-hybridized carbons (Fsp3) is 0.320. The first-order valence-corrected chi connectivity index (χ1v) is 11.6. The molecule has 4 heterocycles. The average molecular weight is 458 g/mol. The number of halogens is 1. The summed E-state index contributed by atoms with van der Waals surface area (Å²) >= 11 is 0. The van der Waals surface area contributed by atoms with E-state index in [0.717, 1.165) is 29.8 Å². The summed E-state index contributed by atoms with van der Waals surface area (Å²) in [7, 11) is 0. The van der Waals surface area contributed by atoms with E-state index in [1.807, 2.05) is 23.0 Å². The van der Waals surface area contributed by atoms with E-state index in [4.69, 9.17) is 0 Å². The first kappa shape index (κ1) is 20.7. The molecule has 0 saturated heterocycles. The van der Waals surface area contributed by atoms with Crippen LogP contribution in [0.4, 0.5) is 10.2 Å². The predicted octanol–water partition coefficient (Wildman–Crippen LogP) is 4.47. The van der Waals surface area contributed by atoms with Crippen LogP contribution in [0.1, 0.15) is 66.0 Å². The largest absolute Gasteiger partial charge is 0.310 e. The van der Waals surface area contributed by atoms with Crippen molar-refractivity contribution < 1.29 is 9.18 Å². The number of carbonyl (C=O) groups excluding carboxylic acids is 1. The van der Waals surface area contributed by atoms with Crippen molar-refractivity contribution in [2.24, 2.45) is 0 Å². The Bertz CT molecular complexity index is 1420. The molecule has 8 nitrogen and oxygen atoms in total. The first-order chi connectivity index (χ1) is 16.5. The Balaban J connectivity index is 1.31. The minimum absolute atomic E-state index is 0.0224. The summed E-state index contributed by atoms with van der Waals surface area (Å²) < 4.78 is 18.9. The van der Waals surface area contributed by atoms with Gasteiger partial charge in [0.05, 0.1) is 23.3 Å². The number of imidazole rings is 1. The van der Waals surface area contributed by atoms with E-state index in [-0.39, 0.29) is 11.6 Å². The van der Waals surface area contributed by atoms with E-state index in [0.29, 0.717) is 23.3 Å². The second kappa shape index (κ2) is 7.86. The van der Waals surface area contributed by atoms with E-state index in [1.165, 1.54) is 24.6 Å². The predicted molar refractivity (Wildman–Crippen MR) is 124 cm³/mol. The minimum Gasteiger partial charge on any atom is -0.310 e. The standard InChI is InChI=1S/C25H24FN7O/c1-14(2)32-13-28-31-24(32)19-4-3-5-22(29-19)30-25(34)17-11-21-16(10-18(17)26)8-9-20-23(15-6-7-15)27-12-33(20)21/h3-5,10-15H,6-9H2,1-2H3,(H,29,30,34). The highest BCUT2D eigenvalue weighted by Gasteiger charge is 2.32. The van der Waals surface area contributed by atoms with Gasteiger partial charge in [0.2, 0.25) is 0 Å². The Kier molecular flexibility index (Phi) is 4.79. The van der Waals surface area contributed by atoms with Crippen LogP contribution in [-0.4, -0.2) is 35.2 Å². The molecule has 1 aliphatic carbocycles. The molecule has 4 aromatic rings. The average Bonchev–Trinajstić information content (AvgIpc) is 3.37. The number of rotatable bonds is 5. The zero-order valence-electron chi connectivity index (χ0n) is 19.0. The molecule has 1 aliphatic heterocycles. The Morgan fingerprint density at radius 1 is 1.18 bits per heavy atom. The van der Waals surface area contributed by atoms with E-state index < -0.39 is 11.7 Å². The number of nitrogens with one attached hydrogen (secondary N) is 1. The third-order valence-corrected chi connectivity index (χ3v) is 6.52. The van der Waals surface area contributed by atoms with Crippen molar-refractivity contribution in [2.45, 2.75) is 51.5 Å². The Labute approximate surface area is 195 Å². The highest BCUT2D eigenvalue weighted by molar-refractivity contribution is 6.04. The summed E-state index contributed by atoms with van der Waals surface area (Å²) in [5.74, 6) is 0.367. The summed E-state index contributed by atoms with van der Waals surface area (Å²) in [4.78, 5) is 22.2. The molecule has 1 N–H and O–H groups in total. The van der Waals surface area contributed by atoms with Gasteiger partial charge in [-0.2, -0.15) is 0 Å². The van der Waals surface area contributed by atoms with Gasteiger partial charge in [0.15, 0.2) is 5.82 Å². The molecule has 0 unspecified atom stereocenters. The van der Waals surface area contributed by atoms with Gasteiger partial charge in [-0.15, -0.1) is 10.2 Å². The van der Waals surface area contributed by atoms with Crippen molar-refractivity contribution in [3.63, 3.8) is 0 Å². The van der Waals surface area contributed by atoms with E-state index in [9.17, 15) is 9.18 Å². The van der Waals surface area contributed by atoms with Crippen LogP contribution in [0, 0.1) is 5.82 Å². The molecule has 1 fully saturated rings. The Morgan fingerprint density at radius 2 is 2.03 bits per heavy atom. The molecule has 6 rings (SSSR count). The van der Waals surface area contributed by atoms with Crippen molar-refractivity contribution in [1.82, 2.24) is 29.3 Å². The normalized spacial score (nSPS) is 14.7. The van der Waals surface area contributed by atoms with Crippen LogP contribution in [0.5, 0.6) is 0 Å². The second-order valence-corrected chi connectivity index (χ2v) is 9.20. The van der Waals surface area contributed by atoms with Crippen LogP contribution in [0.3, 0.4) is 0 Å². The van der Waals surface area contributed by atoms with Crippen LogP contribution in [0.25, 0.3) is 17.2 Å². The molecule has 2 aliphatic rings. The summed E-state index contributed by atoms with van der Waals surface area (Å²) in [6.45, 7) is 4.05. The number of hydrogen-bond donors (Lipinski definition) is 1. The van der Waals surface area contributed by atoms with Crippen LogP contribution >= 0.6 is 0 Å². The zero-order chi connectivity index (χ0) is 23.4. The molecular formula is C25H24FN7O. The number of pyridine rings is 1. The topological polar surface area (TPSA) is 90.5 Å². The van der Waals surface area contributed by atoms with Gasteiger partial charge in [0.25, 0.3) is 5.91 Å². The molecule has 172 valence electrons. The van der Waals surface area contributed by atoms with Gasteiger partial charge in [-0.25, -0.2) is 14.4 Å². The number of benzene rings is 1. The van der Waals surface area contributed by atoms with Crippen molar-refractivity contribution in [2.75, 3.05) is 5.32 Å². The Hall–Kier alpha value is -3.88. The second-order valence-electron chi connectivity index (χ2n) is 9.20. The van der Waals surface area contributed by atoms with Gasteiger partial charge in [-0.3, -0.25) is 4.79 Å². The monoisotopic (exact) mass is 457 g/mol. The van der Waals surface area contributed by atoms with Crippen molar-refractivity contribution in [3.8, 4) is 17.2 Å². The maximum atomic E-state index is 15.0. The maximum Gasteiger partial charge on any atom is 0.259 e. The van der Waals surface area contributed by atoms with Crippen molar-refractivity contribution in [1.29, 1.82) is 0 Å². The number of anilines is 1. The fourth-order valence-corrected chi connectivity index (χ4v) is 4.61. The number of carbonyl (C=O) groups is 1. The maximum absolute atomic E-state index is 15.0. The molecule has 3 aromatic heterocycles. The molecule has 1 amide bonds. The summed E-state index contributed by atoms with van der Waals surface area (Å²) in [5.41, 5.74) is 4.58. The highest BCUT2D eigenvalue weighted by atomic mass is 19.1. The number of amides is 1. The van der Waals surface area contributed by atoms with Crippen LogP contribution in [0.2, 0.25) is 0 Å². The summed E-state index contributed by atoms with van der Waals surface area (Å²) in [6.07, 6.45) is 7.37. The lowest BCUT2D eigenvalue weighted by molar-refractivity contribution is 0.102. The molecular weight excluding hydrogens is 433 g/mol. The lowest BCUT2D eigenvalue weighted by Gasteiger charge is -2.21. The number of aromatic nitrogens is 6. The summed E-state index contributed by atoms with van der Waals surface area (Å²) in [5, 5.41) is 10.9. The molecule has 0 atom stereocenters. The van der Waals surface area contributed by atoms with Crippen LogP contribution < -0.4 is 5.32 Å². The van der Waals surface area contributed by atoms with Crippen molar-refractivity contribution in [3.05, 3.63) is 71.3 Å². The molecule has 9 heteroatoms. The molecule has 34 heavy (non-hydrogen) atoms. The van der Waals surface area contributed by atoms with E-state index in [1.54, 1.807) is 36.9 Å². The molecule has 1 saturated carbocycles. The number of aryl methyl sites for hydroxylation is 1. The Morgan fingerprint density at radius 3 is 2.82 bits per heavy atom. The van der Waals surface area contributed by atoms with E-state index in [2.05, 4.69) is 25.5 Å². The van der Waals surface area contributed by atoms with E-state index >= 15 is 0 Å². The highest BCUT2D eigenvalue weighted by Crippen LogP contribution is 2.42. The lowest BCUT2D eigenvalue weighted by Crippen LogP contribution is -2.18. The van der Waals surface area contributed by atoms with Crippen molar-refractivity contribution >= 4 is 11.7 Å². The zero-order valence-corrected chi connectivity index (χ0v) is 19.0. The SMILES string of the molecule is CC(C)n1cnnc1-c1cccc(NC(=O)c2cc3c(cc2F)CCc2c(C4CC4)ncn2-3)n1. The molecule has 0 spiro atoms. The fourth-order valence-electron chi connectivity index (χ4n) is 4.61. The van der Waals surface area contributed by atoms with Gasteiger partial charge in [-0.1, -0.05) is 6.07 Å². The van der Waals surface area contributed by atoms with Gasteiger partial charge in [0, 0.05) is 17.7 Å².